The van der Waals surface area contributed by atoms with Gasteiger partial charge in [0.1, 0.15) is 11.8 Å². The second-order valence-corrected chi connectivity index (χ2v) is 7.88. The van der Waals surface area contributed by atoms with E-state index in [1.54, 1.807) is 12.0 Å². The first-order chi connectivity index (χ1) is 15.1. The molecule has 7 heteroatoms. The summed E-state index contributed by atoms with van der Waals surface area (Å²) < 4.78 is 5.38. The van der Waals surface area contributed by atoms with Gasteiger partial charge in [-0.05, 0) is 17.7 Å². The van der Waals surface area contributed by atoms with E-state index in [4.69, 9.17) is 4.74 Å². The molecule has 160 valence electrons. The first-order valence-corrected chi connectivity index (χ1v) is 10.5. The van der Waals surface area contributed by atoms with Crippen LogP contribution in [-0.4, -0.2) is 61.4 Å². The molecule has 2 atom stereocenters. The van der Waals surface area contributed by atoms with Gasteiger partial charge < -0.3 is 14.5 Å². The van der Waals surface area contributed by atoms with Crippen LogP contribution >= 0.6 is 0 Å². The molecule has 0 bridgehead atoms. The van der Waals surface area contributed by atoms with E-state index in [1.165, 1.54) is 0 Å². The Bertz CT molecular complexity index is 980. The second-order valence-electron chi connectivity index (χ2n) is 7.88. The molecule has 0 radical (unpaired) electrons. The normalized spacial score (nSPS) is 20.4. The number of rotatable bonds is 5. The maximum absolute atomic E-state index is 13.1. The Morgan fingerprint density at radius 1 is 1.06 bits per heavy atom. The summed E-state index contributed by atoms with van der Waals surface area (Å²) in [4.78, 5) is 31.4. The van der Waals surface area contributed by atoms with Crippen LogP contribution in [0.2, 0.25) is 0 Å². The number of carbonyl (C=O) groups is 2. The van der Waals surface area contributed by atoms with E-state index in [0.717, 1.165) is 5.56 Å². The van der Waals surface area contributed by atoms with Crippen molar-refractivity contribution in [2.45, 2.75) is 12.5 Å². The fraction of sp³-hybridized carbons (Fsp3) is 0.375. The van der Waals surface area contributed by atoms with Crippen molar-refractivity contribution in [1.29, 1.82) is 5.26 Å². The van der Waals surface area contributed by atoms with E-state index in [-0.39, 0.29) is 30.2 Å². The number of nitrogens with zero attached hydrogens (tertiary/aromatic N) is 4. The van der Waals surface area contributed by atoms with Crippen molar-refractivity contribution in [3.63, 3.8) is 0 Å². The molecule has 2 amide bonds. The summed E-state index contributed by atoms with van der Waals surface area (Å²) in [5, 5.41) is 9.66. The monoisotopic (exact) mass is 418 g/mol. The van der Waals surface area contributed by atoms with Gasteiger partial charge in [0.25, 0.3) is 0 Å². The van der Waals surface area contributed by atoms with Crippen LogP contribution in [0.1, 0.15) is 18.0 Å². The second kappa shape index (κ2) is 9.19. The highest BCUT2D eigenvalue weighted by atomic mass is 16.5. The van der Waals surface area contributed by atoms with Gasteiger partial charge in [-0.2, -0.15) is 5.26 Å². The number of amides is 2. The van der Waals surface area contributed by atoms with E-state index in [9.17, 15) is 14.9 Å². The number of anilines is 1. The van der Waals surface area contributed by atoms with Crippen LogP contribution in [0, 0.1) is 17.2 Å². The average molecular weight is 418 g/mol. The SMILES string of the molecule is COc1ccccc1N1CC(C(=O)N2CCN(C(C#N)c3ccccc3)CC2)CC1=O. The molecule has 2 aliphatic rings. The molecule has 31 heavy (non-hydrogen) atoms. The minimum atomic E-state index is -0.357. The number of hydrogen-bond donors (Lipinski definition) is 0. The Morgan fingerprint density at radius 3 is 2.42 bits per heavy atom. The predicted molar refractivity (Wildman–Crippen MR) is 116 cm³/mol. The van der Waals surface area contributed by atoms with E-state index >= 15 is 0 Å². The van der Waals surface area contributed by atoms with Gasteiger partial charge >= 0.3 is 0 Å². The van der Waals surface area contributed by atoms with Crippen LogP contribution in [0.25, 0.3) is 0 Å². The standard InChI is InChI=1S/C24H26N4O3/c1-31-22-10-6-5-9-20(22)28-17-19(15-23(28)29)24(30)27-13-11-26(12-14-27)21(16-25)18-7-3-2-4-8-18/h2-10,19,21H,11-15,17H2,1H3. The van der Waals surface area contributed by atoms with E-state index < -0.39 is 0 Å². The maximum atomic E-state index is 13.1. The zero-order valence-electron chi connectivity index (χ0n) is 17.6. The third kappa shape index (κ3) is 4.25. The average Bonchev–Trinajstić information content (AvgIpc) is 3.21. The zero-order valence-corrected chi connectivity index (χ0v) is 17.6. The lowest BCUT2D eigenvalue weighted by Gasteiger charge is -2.37. The summed E-state index contributed by atoms with van der Waals surface area (Å²) in [5.74, 6) is 0.222. The molecular weight excluding hydrogens is 392 g/mol. The molecule has 2 fully saturated rings. The number of para-hydroxylation sites is 2. The smallest absolute Gasteiger partial charge is 0.228 e. The lowest BCUT2D eigenvalue weighted by molar-refractivity contribution is -0.137. The van der Waals surface area contributed by atoms with Gasteiger partial charge in [-0.1, -0.05) is 42.5 Å². The predicted octanol–water partition coefficient (Wildman–Crippen LogP) is 2.46. The number of hydrogen-bond acceptors (Lipinski definition) is 5. The van der Waals surface area contributed by atoms with E-state index in [1.807, 2.05) is 59.5 Å². The van der Waals surface area contributed by atoms with E-state index in [0.29, 0.717) is 44.2 Å². The largest absolute Gasteiger partial charge is 0.495 e. The molecule has 0 N–H and O–H groups in total. The Morgan fingerprint density at radius 2 is 1.74 bits per heavy atom. The van der Waals surface area contributed by atoms with Gasteiger partial charge in [-0.15, -0.1) is 0 Å². The highest BCUT2D eigenvalue weighted by Crippen LogP contribution is 2.33. The molecule has 2 saturated heterocycles. The third-order valence-corrected chi connectivity index (χ3v) is 6.08. The number of benzene rings is 2. The lowest BCUT2D eigenvalue weighted by atomic mass is 10.0. The van der Waals surface area contributed by atoms with E-state index in [2.05, 4.69) is 11.0 Å². The van der Waals surface area contributed by atoms with Gasteiger partial charge in [0.15, 0.2) is 0 Å². The molecular formula is C24H26N4O3. The lowest BCUT2D eigenvalue weighted by Crippen LogP contribution is -2.51. The molecule has 2 heterocycles. The molecule has 7 nitrogen and oxygen atoms in total. The Kier molecular flexibility index (Phi) is 6.19. The van der Waals surface area contributed by atoms with Gasteiger partial charge in [0.2, 0.25) is 11.8 Å². The molecule has 0 aliphatic carbocycles. The van der Waals surface area contributed by atoms with Gasteiger partial charge in [0, 0.05) is 39.1 Å². The van der Waals surface area contributed by atoms with Crippen molar-refractivity contribution >= 4 is 17.5 Å². The summed E-state index contributed by atoms with van der Waals surface area (Å²) >= 11 is 0. The Hall–Kier alpha value is -3.37. The number of ether oxygens (including phenoxy) is 1. The number of methoxy groups -OCH3 is 1. The van der Waals surface area contributed by atoms with Gasteiger partial charge in [-0.25, -0.2) is 0 Å². The Labute approximate surface area is 182 Å². The summed E-state index contributed by atoms with van der Waals surface area (Å²) in [5.41, 5.74) is 1.67. The molecule has 0 saturated carbocycles. The summed E-state index contributed by atoms with van der Waals surface area (Å²) in [6, 6.07) is 19.2. The van der Waals surface area contributed by atoms with Crippen molar-refractivity contribution in [3.05, 3.63) is 60.2 Å². The molecule has 2 aromatic rings. The van der Waals surface area contributed by atoms with Crippen LogP contribution in [-0.2, 0) is 9.59 Å². The molecule has 2 aromatic carbocycles. The minimum absolute atomic E-state index is 0.0126. The van der Waals surface area contributed by atoms with Crippen LogP contribution in [0.5, 0.6) is 5.75 Å². The van der Waals surface area contributed by atoms with Crippen LogP contribution < -0.4 is 9.64 Å². The highest BCUT2D eigenvalue weighted by Gasteiger charge is 2.39. The van der Waals surface area contributed by atoms with Gasteiger partial charge in [-0.3, -0.25) is 14.5 Å². The van der Waals surface area contributed by atoms with Crippen molar-refractivity contribution < 1.29 is 14.3 Å². The van der Waals surface area contributed by atoms with Crippen LogP contribution in [0.4, 0.5) is 5.69 Å². The number of carbonyl (C=O) groups excluding carboxylic acids is 2. The molecule has 0 spiro atoms. The fourth-order valence-electron chi connectivity index (χ4n) is 4.42. The van der Waals surface area contributed by atoms with Crippen molar-refractivity contribution in [2.75, 3.05) is 44.7 Å². The van der Waals surface area contributed by atoms with Crippen molar-refractivity contribution in [3.8, 4) is 11.8 Å². The zero-order chi connectivity index (χ0) is 21.8. The summed E-state index contributed by atoms with van der Waals surface area (Å²) in [7, 11) is 1.57. The van der Waals surface area contributed by atoms with Crippen LogP contribution in [0.3, 0.4) is 0 Å². The van der Waals surface area contributed by atoms with Crippen molar-refractivity contribution in [2.24, 2.45) is 5.92 Å². The minimum Gasteiger partial charge on any atom is -0.495 e. The summed E-state index contributed by atoms with van der Waals surface area (Å²) in [6.07, 6.45) is 0.210. The quantitative estimate of drug-likeness (QED) is 0.746. The van der Waals surface area contributed by atoms with Crippen LogP contribution in [0.15, 0.2) is 54.6 Å². The highest BCUT2D eigenvalue weighted by molar-refractivity contribution is 6.01. The molecule has 2 aliphatic heterocycles. The Balaban J connectivity index is 1.38. The topological polar surface area (TPSA) is 76.9 Å². The first-order valence-electron chi connectivity index (χ1n) is 10.5. The molecule has 4 rings (SSSR count). The number of piperazine rings is 1. The summed E-state index contributed by atoms with van der Waals surface area (Å²) in [6.45, 7) is 2.75. The van der Waals surface area contributed by atoms with Crippen molar-refractivity contribution in [1.82, 2.24) is 9.80 Å². The maximum Gasteiger partial charge on any atom is 0.228 e. The number of nitriles is 1. The third-order valence-electron chi connectivity index (χ3n) is 6.08. The molecule has 0 aromatic heterocycles. The fourth-order valence-corrected chi connectivity index (χ4v) is 4.42. The first kappa shape index (κ1) is 20.9. The van der Waals surface area contributed by atoms with Gasteiger partial charge in [0.05, 0.1) is 24.8 Å². The molecule has 2 unspecified atom stereocenters.